The van der Waals surface area contributed by atoms with Crippen LogP contribution in [0.2, 0.25) is 0 Å². The fourth-order valence-electron chi connectivity index (χ4n) is 1.70. The number of aromatic hydroxyl groups is 1. The van der Waals surface area contributed by atoms with Gasteiger partial charge in [0.25, 0.3) is 0 Å². The van der Waals surface area contributed by atoms with E-state index < -0.39 is 0 Å². The topological polar surface area (TPSA) is 70.9 Å². The van der Waals surface area contributed by atoms with Crippen molar-refractivity contribution in [1.82, 2.24) is 5.43 Å². The van der Waals surface area contributed by atoms with Crippen LogP contribution in [0.1, 0.15) is 17.4 Å². The van der Waals surface area contributed by atoms with Crippen LogP contribution in [0, 0.1) is 0 Å². The number of hydrazone groups is 1. The van der Waals surface area contributed by atoms with Crippen molar-refractivity contribution in [3.05, 3.63) is 46.2 Å². The van der Waals surface area contributed by atoms with E-state index in [2.05, 4.69) is 10.5 Å². The number of benzene rings is 1. The Hall–Kier alpha value is -2.34. The number of nitrogens with one attached hydrogen (secondary N) is 1. The largest absolute Gasteiger partial charge is 0.504 e. The number of hydrogen-bond donors (Lipinski definition) is 2. The molecular formula is C15H16N2O3S. The zero-order valence-corrected chi connectivity index (χ0v) is 12.4. The molecule has 6 heteroatoms. The summed E-state index contributed by atoms with van der Waals surface area (Å²) in [4.78, 5) is 12.6. The molecule has 0 atom stereocenters. The molecule has 0 fully saturated rings. The molecule has 21 heavy (non-hydrogen) atoms. The van der Waals surface area contributed by atoms with Gasteiger partial charge in [-0.15, -0.1) is 11.3 Å². The van der Waals surface area contributed by atoms with Crippen molar-refractivity contribution in [2.24, 2.45) is 5.10 Å². The summed E-state index contributed by atoms with van der Waals surface area (Å²) in [7, 11) is 0. The van der Waals surface area contributed by atoms with Gasteiger partial charge in [-0.1, -0.05) is 12.1 Å². The van der Waals surface area contributed by atoms with Crippen LogP contribution in [0.15, 0.2) is 40.8 Å². The van der Waals surface area contributed by atoms with Gasteiger partial charge in [0.05, 0.1) is 19.2 Å². The Bertz CT molecular complexity index is 624. The molecule has 2 aromatic rings. The Morgan fingerprint density at radius 1 is 1.43 bits per heavy atom. The summed E-state index contributed by atoms with van der Waals surface area (Å²) in [6.45, 7) is 2.30. The van der Waals surface area contributed by atoms with Gasteiger partial charge in [-0.2, -0.15) is 5.10 Å². The van der Waals surface area contributed by atoms with Crippen LogP contribution in [0.4, 0.5) is 0 Å². The molecular weight excluding hydrogens is 288 g/mol. The number of amides is 1. The summed E-state index contributed by atoms with van der Waals surface area (Å²) in [5, 5.41) is 15.7. The normalized spacial score (nSPS) is 10.7. The van der Waals surface area contributed by atoms with Crippen molar-refractivity contribution in [2.45, 2.75) is 13.3 Å². The molecule has 0 bridgehead atoms. The van der Waals surface area contributed by atoms with Crippen LogP contribution in [0.25, 0.3) is 0 Å². The zero-order valence-electron chi connectivity index (χ0n) is 11.6. The minimum atomic E-state index is -0.200. The molecule has 1 amide bonds. The molecule has 5 nitrogen and oxygen atoms in total. The maximum absolute atomic E-state index is 11.6. The second-order valence-electron chi connectivity index (χ2n) is 4.18. The molecule has 110 valence electrons. The quantitative estimate of drug-likeness (QED) is 0.636. The Balaban J connectivity index is 1.95. The standard InChI is InChI=1S/C15H16N2O3S/c1-2-20-13-7-3-5-11(15(13)19)10-16-17-14(18)9-12-6-4-8-21-12/h3-8,10,19H,2,9H2,1H3,(H,17,18). The first kappa shape index (κ1) is 15.1. The molecule has 0 aliphatic rings. The number of hydrogen-bond acceptors (Lipinski definition) is 5. The first-order chi connectivity index (χ1) is 10.2. The molecule has 0 saturated heterocycles. The van der Waals surface area contributed by atoms with Crippen LogP contribution in [-0.4, -0.2) is 23.8 Å². The van der Waals surface area contributed by atoms with E-state index in [4.69, 9.17) is 4.74 Å². The van der Waals surface area contributed by atoms with E-state index in [1.807, 2.05) is 24.4 Å². The minimum Gasteiger partial charge on any atom is -0.504 e. The molecule has 0 aliphatic carbocycles. The van der Waals surface area contributed by atoms with Crippen molar-refractivity contribution in [3.8, 4) is 11.5 Å². The molecule has 0 radical (unpaired) electrons. The van der Waals surface area contributed by atoms with Gasteiger partial charge in [-0.3, -0.25) is 4.79 Å². The van der Waals surface area contributed by atoms with Crippen molar-refractivity contribution in [1.29, 1.82) is 0 Å². The number of ether oxygens (including phenoxy) is 1. The fourth-order valence-corrected chi connectivity index (χ4v) is 2.40. The summed E-state index contributed by atoms with van der Waals surface area (Å²) >= 11 is 1.52. The van der Waals surface area contributed by atoms with E-state index in [-0.39, 0.29) is 11.7 Å². The molecule has 1 heterocycles. The highest BCUT2D eigenvalue weighted by molar-refractivity contribution is 7.10. The third kappa shape index (κ3) is 4.32. The van der Waals surface area contributed by atoms with Crippen LogP contribution in [-0.2, 0) is 11.2 Å². The van der Waals surface area contributed by atoms with E-state index in [1.165, 1.54) is 17.6 Å². The molecule has 2 N–H and O–H groups in total. The lowest BCUT2D eigenvalue weighted by atomic mass is 10.2. The molecule has 0 aliphatic heterocycles. The van der Waals surface area contributed by atoms with Crippen molar-refractivity contribution in [3.63, 3.8) is 0 Å². The van der Waals surface area contributed by atoms with E-state index in [9.17, 15) is 9.90 Å². The minimum absolute atomic E-state index is 0.00982. The van der Waals surface area contributed by atoms with Crippen LogP contribution < -0.4 is 10.2 Å². The highest BCUT2D eigenvalue weighted by Gasteiger charge is 2.06. The highest BCUT2D eigenvalue weighted by atomic mass is 32.1. The number of phenolic OH excluding ortho intramolecular Hbond substituents is 1. The van der Waals surface area contributed by atoms with Crippen molar-refractivity contribution < 1.29 is 14.6 Å². The average Bonchev–Trinajstić information content (AvgIpc) is 2.96. The van der Waals surface area contributed by atoms with Gasteiger partial charge < -0.3 is 9.84 Å². The molecule has 0 saturated carbocycles. The molecule has 2 rings (SSSR count). The van der Waals surface area contributed by atoms with Crippen LogP contribution >= 0.6 is 11.3 Å². The number of nitrogens with zero attached hydrogens (tertiary/aromatic N) is 1. The third-order valence-corrected chi connectivity index (χ3v) is 3.51. The summed E-state index contributed by atoms with van der Waals surface area (Å²) in [6.07, 6.45) is 1.68. The summed E-state index contributed by atoms with van der Waals surface area (Å²) in [5.74, 6) is 0.205. The highest BCUT2D eigenvalue weighted by Crippen LogP contribution is 2.28. The molecule has 0 spiro atoms. The average molecular weight is 304 g/mol. The first-order valence-corrected chi connectivity index (χ1v) is 7.37. The fraction of sp³-hybridized carbons (Fsp3) is 0.200. The second-order valence-corrected chi connectivity index (χ2v) is 5.21. The van der Waals surface area contributed by atoms with Gasteiger partial charge in [0.15, 0.2) is 11.5 Å². The summed E-state index contributed by atoms with van der Waals surface area (Å²) < 4.78 is 5.28. The molecule has 1 aromatic heterocycles. The van der Waals surface area contributed by atoms with E-state index in [0.29, 0.717) is 24.3 Å². The van der Waals surface area contributed by atoms with E-state index >= 15 is 0 Å². The van der Waals surface area contributed by atoms with Gasteiger partial charge in [0.2, 0.25) is 5.91 Å². The van der Waals surface area contributed by atoms with Crippen molar-refractivity contribution in [2.75, 3.05) is 6.61 Å². The Morgan fingerprint density at radius 3 is 3.00 bits per heavy atom. The number of rotatable bonds is 6. The monoisotopic (exact) mass is 304 g/mol. The lowest BCUT2D eigenvalue weighted by molar-refractivity contribution is -0.120. The smallest absolute Gasteiger partial charge is 0.245 e. The second kappa shape index (κ2) is 7.44. The number of thiophene rings is 1. The van der Waals surface area contributed by atoms with Gasteiger partial charge in [0.1, 0.15) is 0 Å². The van der Waals surface area contributed by atoms with E-state index in [1.54, 1.807) is 18.2 Å². The van der Waals surface area contributed by atoms with Crippen LogP contribution in [0.5, 0.6) is 11.5 Å². The van der Waals surface area contributed by atoms with Gasteiger partial charge in [-0.05, 0) is 30.5 Å². The Labute approximate surface area is 126 Å². The third-order valence-electron chi connectivity index (χ3n) is 2.64. The number of carbonyl (C=O) groups excluding carboxylic acids is 1. The number of phenols is 1. The lowest BCUT2D eigenvalue weighted by Gasteiger charge is -2.07. The van der Waals surface area contributed by atoms with Gasteiger partial charge in [0, 0.05) is 10.4 Å². The Kier molecular flexibility index (Phi) is 5.34. The predicted octanol–water partition coefficient (Wildman–Crippen LogP) is 2.55. The first-order valence-electron chi connectivity index (χ1n) is 6.49. The Morgan fingerprint density at radius 2 is 2.29 bits per heavy atom. The zero-order chi connectivity index (χ0) is 15.1. The maximum Gasteiger partial charge on any atom is 0.245 e. The molecule has 1 aromatic carbocycles. The number of para-hydroxylation sites is 1. The summed E-state index contributed by atoms with van der Waals surface area (Å²) in [5.41, 5.74) is 2.92. The number of carbonyl (C=O) groups is 1. The lowest BCUT2D eigenvalue weighted by Crippen LogP contribution is -2.19. The van der Waals surface area contributed by atoms with Crippen LogP contribution in [0.3, 0.4) is 0 Å². The van der Waals surface area contributed by atoms with Crippen molar-refractivity contribution >= 4 is 23.5 Å². The predicted molar refractivity (Wildman–Crippen MR) is 83.0 cm³/mol. The van der Waals surface area contributed by atoms with Gasteiger partial charge >= 0.3 is 0 Å². The SMILES string of the molecule is CCOc1cccc(C=NNC(=O)Cc2cccs2)c1O. The molecule has 0 unspecified atom stereocenters. The summed E-state index contributed by atoms with van der Waals surface area (Å²) in [6, 6.07) is 8.90. The van der Waals surface area contributed by atoms with Gasteiger partial charge in [-0.25, -0.2) is 5.43 Å². The van der Waals surface area contributed by atoms with E-state index in [0.717, 1.165) is 4.88 Å². The maximum atomic E-state index is 11.6.